The second-order valence-electron chi connectivity index (χ2n) is 11.3. The van der Waals surface area contributed by atoms with Crippen LogP contribution in [0.5, 0.6) is 0 Å². The summed E-state index contributed by atoms with van der Waals surface area (Å²) in [7, 11) is -3.92. The Kier molecular flexibility index (Phi) is 7.44. The maximum absolute atomic E-state index is 14.1. The van der Waals surface area contributed by atoms with Gasteiger partial charge in [0.25, 0.3) is 0 Å². The molecule has 10 nitrogen and oxygen atoms in total. The topological polar surface area (TPSA) is 121 Å². The highest BCUT2D eigenvalue weighted by Gasteiger charge is 2.39. The Morgan fingerprint density at radius 3 is 2.74 bits per heavy atom. The number of rotatable bonds is 6. The molecule has 0 radical (unpaired) electrons. The van der Waals surface area contributed by atoms with Crippen LogP contribution in [0.3, 0.4) is 0 Å². The molecule has 0 amide bonds. The van der Waals surface area contributed by atoms with E-state index in [2.05, 4.69) is 20.1 Å². The molecule has 2 atom stereocenters. The SMILES string of the molecule is Cc1ccc([C@H](CC(=O)O)c2ccn3c(C)nnc3c2C)cc1CN1C[C@H]2CCCCN2c2ncc(Cl)cc2S1(=O)=O. The third-order valence-electron chi connectivity index (χ3n) is 8.65. The highest BCUT2D eigenvalue weighted by molar-refractivity contribution is 7.89. The minimum Gasteiger partial charge on any atom is -0.481 e. The van der Waals surface area contributed by atoms with Crippen LogP contribution >= 0.6 is 11.6 Å². The van der Waals surface area contributed by atoms with Gasteiger partial charge in [-0.25, -0.2) is 13.4 Å². The zero-order chi connectivity index (χ0) is 29.8. The summed E-state index contributed by atoms with van der Waals surface area (Å²) in [6, 6.07) is 9.27. The minimum atomic E-state index is -3.92. The normalized spacial score (nSPS) is 19.2. The van der Waals surface area contributed by atoms with Crippen LogP contribution in [0.1, 0.15) is 65.2 Å². The van der Waals surface area contributed by atoms with Crippen LogP contribution in [0, 0.1) is 20.8 Å². The second kappa shape index (κ2) is 10.9. The van der Waals surface area contributed by atoms with Gasteiger partial charge in [-0.05, 0) is 80.0 Å². The molecule has 1 N–H and O–H groups in total. The Morgan fingerprint density at radius 1 is 1.14 bits per heavy atom. The molecule has 0 spiro atoms. The lowest BCUT2D eigenvalue weighted by Crippen LogP contribution is -2.45. The molecule has 0 bridgehead atoms. The van der Waals surface area contributed by atoms with Gasteiger partial charge in [0.15, 0.2) is 5.65 Å². The number of aromatic nitrogens is 4. The van der Waals surface area contributed by atoms with Crippen LogP contribution in [0.15, 0.2) is 47.6 Å². The van der Waals surface area contributed by atoms with E-state index >= 15 is 0 Å². The fourth-order valence-electron chi connectivity index (χ4n) is 6.35. The first kappa shape index (κ1) is 28.6. The van der Waals surface area contributed by atoms with Gasteiger partial charge < -0.3 is 10.0 Å². The molecule has 2 aliphatic rings. The van der Waals surface area contributed by atoms with Gasteiger partial charge in [0.05, 0.1) is 11.4 Å². The van der Waals surface area contributed by atoms with Gasteiger partial charge in [-0.1, -0.05) is 29.8 Å². The molecule has 1 saturated heterocycles. The fourth-order valence-corrected chi connectivity index (χ4v) is 8.21. The summed E-state index contributed by atoms with van der Waals surface area (Å²) in [5.74, 6) is -0.164. The van der Waals surface area contributed by atoms with Crippen molar-refractivity contribution in [2.45, 2.75) is 69.9 Å². The molecule has 1 aromatic carbocycles. The van der Waals surface area contributed by atoms with E-state index in [1.807, 2.05) is 55.6 Å². The minimum absolute atomic E-state index is 0.00712. The van der Waals surface area contributed by atoms with Crippen LogP contribution in [-0.2, 0) is 21.4 Å². The molecule has 1 fully saturated rings. The highest BCUT2D eigenvalue weighted by atomic mass is 35.5. The first-order valence-corrected chi connectivity index (χ1v) is 15.9. The summed E-state index contributed by atoms with van der Waals surface area (Å²) in [6.45, 7) is 6.98. The summed E-state index contributed by atoms with van der Waals surface area (Å²) in [5.41, 5.74) is 4.95. The van der Waals surface area contributed by atoms with Gasteiger partial charge in [0.1, 0.15) is 16.5 Å². The molecule has 4 aromatic rings. The van der Waals surface area contributed by atoms with Crippen molar-refractivity contribution in [1.82, 2.24) is 23.9 Å². The third kappa shape index (κ3) is 5.03. The molecule has 5 heterocycles. The number of sulfonamides is 1. The van der Waals surface area contributed by atoms with Crippen LogP contribution in [0.25, 0.3) is 5.65 Å². The second-order valence-corrected chi connectivity index (χ2v) is 13.6. The average Bonchev–Trinajstić information content (AvgIpc) is 3.30. The standard InChI is InChI=1S/C30H33ClN6O4S/c1-18-7-8-21(26(14-28(38)39)25-9-11-36-20(3)33-34-29(36)19(25)2)12-22(18)16-35-17-24-6-4-5-10-37(24)30-27(42(35,40)41)13-23(31)15-32-30/h7-9,11-13,15,24,26H,4-6,10,14,16-17H2,1-3H3,(H,38,39)/t24-,26+/m1/s1. The van der Waals surface area contributed by atoms with Crippen LogP contribution < -0.4 is 4.90 Å². The van der Waals surface area contributed by atoms with Gasteiger partial charge in [-0.3, -0.25) is 9.20 Å². The number of aliphatic carboxylic acids is 1. The van der Waals surface area contributed by atoms with E-state index in [0.717, 1.165) is 59.4 Å². The van der Waals surface area contributed by atoms with Gasteiger partial charge in [0.2, 0.25) is 10.0 Å². The quantitative estimate of drug-likeness (QED) is 0.329. The number of fused-ring (bicyclic) bond motifs is 4. The summed E-state index contributed by atoms with van der Waals surface area (Å²) in [6.07, 6.45) is 6.13. The number of carboxylic acid groups (broad SMARTS) is 1. The maximum Gasteiger partial charge on any atom is 0.304 e. The van der Waals surface area contributed by atoms with Crippen LogP contribution in [-0.4, -0.2) is 62.5 Å². The van der Waals surface area contributed by atoms with Crippen molar-refractivity contribution in [2.24, 2.45) is 0 Å². The van der Waals surface area contributed by atoms with Crippen molar-refractivity contribution in [2.75, 3.05) is 18.0 Å². The summed E-state index contributed by atoms with van der Waals surface area (Å²) in [5, 5.41) is 18.6. The molecule has 6 rings (SSSR count). The number of carbonyl (C=O) groups is 1. The number of aryl methyl sites for hydroxylation is 3. The zero-order valence-corrected chi connectivity index (χ0v) is 25.4. The smallest absolute Gasteiger partial charge is 0.304 e. The molecule has 220 valence electrons. The van der Waals surface area contributed by atoms with E-state index in [-0.39, 0.29) is 28.9 Å². The Labute approximate surface area is 250 Å². The number of hydrogen-bond acceptors (Lipinski definition) is 7. The Morgan fingerprint density at radius 2 is 1.95 bits per heavy atom. The maximum atomic E-state index is 14.1. The van der Waals surface area contributed by atoms with Crippen molar-refractivity contribution in [3.05, 3.63) is 81.4 Å². The fraction of sp³-hybridized carbons (Fsp3) is 0.400. The summed E-state index contributed by atoms with van der Waals surface area (Å²) in [4.78, 5) is 18.8. The summed E-state index contributed by atoms with van der Waals surface area (Å²) >= 11 is 6.25. The van der Waals surface area contributed by atoms with Gasteiger partial charge in [-0.15, -0.1) is 10.2 Å². The Balaban J connectivity index is 1.41. The van der Waals surface area contributed by atoms with Crippen molar-refractivity contribution in [3.63, 3.8) is 0 Å². The van der Waals surface area contributed by atoms with E-state index in [1.165, 1.54) is 16.6 Å². The van der Waals surface area contributed by atoms with E-state index < -0.39 is 21.9 Å². The molecule has 3 aromatic heterocycles. The van der Waals surface area contributed by atoms with E-state index in [0.29, 0.717) is 18.0 Å². The van der Waals surface area contributed by atoms with E-state index in [9.17, 15) is 18.3 Å². The van der Waals surface area contributed by atoms with Crippen molar-refractivity contribution < 1.29 is 18.3 Å². The third-order valence-corrected chi connectivity index (χ3v) is 10.7. The monoisotopic (exact) mass is 608 g/mol. The average molecular weight is 609 g/mol. The zero-order valence-electron chi connectivity index (χ0n) is 23.8. The molecule has 0 unspecified atom stereocenters. The van der Waals surface area contributed by atoms with Gasteiger partial charge in [0, 0.05) is 44.0 Å². The lowest BCUT2D eigenvalue weighted by Gasteiger charge is -2.36. The number of pyridine rings is 2. The van der Waals surface area contributed by atoms with Gasteiger partial charge >= 0.3 is 5.97 Å². The number of carboxylic acids is 1. The van der Waals surface area contributed by atoms with E-state index in [1.54, 1.807) is 0 Å². The van der Waals surface area contributed by atoms with Crippen LogP contribution in [0.2, 0.25) is 5.02 Å². The largest absolute Gasteiger partial charge is 0.481 e. The Bertz CT molecular complexity index is 1810. The number of anilines is 1. The molecule has 2 aliphatic heterocycles. The first-order chi connectivity index (χ1) is 20.0. The van der Waals surface area contributed by atoms with Gasteiger partial charge in [-0.2, -0.15) is 4.31 Å². The molecule has 0 saturated carbocycles. The molecule has 42 heavy (non-hydrogen) atoms. The Hall–Kier alpha value is -3.54. The predicted octanol–water partition coefficient (Wildman–Crippen LogP) is 4.87. The van der Waals surface area contributed by atoms with E-state index in [4.69, 9.17) is 11.6 Å². The van der Waals surface area contributed by atoms with Crippen molar-refractivity contribution >= 4 is 39.1 Å². The number of benzene rings is 1. The number of piperidine rings is 1. The highest BCUT2D eigenvalue weighted by Crippen LogP contribution is 2.38. The number of hydrogen-bond donors (Lipinski definition) is 1. The molecular formula is C30H33ClN6O4S. The number of halogens is 1. The lowest BCUT2D eigenvalue weighted by atomic mass is 9.85. The first-order valence-electron chi connectivity index (χ1n) is 14.1. The van der Waals surface area contributed by atoms with Crippen molar-refractivity contribution in [1.29, 1.82) is 0 Å². The molecular weight excluding hydrogens is 576 g/mol. The van der Waals surface area contributed by atoms with Crippen molar-refractivity contribution in [3.8, 4) is 0 Å². The van der Waals surface area contributed by atoms with Crippen LogP contribution in [0.4, 0.5) is 5.82 Å². The lowest BCUT2D eigenvalue weighted by molar-refractivity contribution is -0.137. The predicted molar refractivity (Wildman–Crippen MR) is 160 cm³/mol. The summed E-state index contributed by atoms with van der Waals surface area (Å²) < 4.78 is 31.6. The molecule has 12 heteroatoms. The molecule has 0 aliphatic carbocycles. The number of nitrogens with zero attached hydrogens (tertiary/aromatic N) is 6.